The van der Waals surface area contributed by atoms with Crippen LogP contribution in [0, 0.1) is 0 Å². The molecule has 0 unspecified atom stereocenters. The zero-order valence-electron chi connectivity index (χ0n) is 9.13. The number of rotatable bonds is 4. The van der Waals surface area contributed by atoms with Crippen LogP contribution in [-0.4, -0.2) is 28.2 Å². The molecule has 0 aliphatic carbocycles. The molecule has 1 heterocycles. The van der Waals surface area contributed by atoms with Crippen LogP contribution in [0.3, 0.4) is 0 Å². The summed E-state index contributed by atoms with van der Waals surface area (Å²) in [6, 6.07) is 7.57. The molecular weight excluding hydrogens is 286 g/mol. The van der Waals surface area contributed by atoms with Crippen LogP contribution >= 0.6 is 15.9 Å². The van der Waals surface area contributed by atoms with Crippen molar-refractivity contribution in [3.05, 3.63) is 40.4 Å². The van der Waals surface area contributed by atoms with Gasteiger partial charge < -0.3 is 4.74 Å². The van der Waals surface area contributed by atoms with Crippen LogP contribution in [0.5, 0.6) is 5.75 Å². The lowest BCUT2D eigenvalue weighted by atomic mass is 10.2. The van der Waals surface area contributed by atoms with E-state index in [2.05, 4.69) is 26.0 Å². The number of methoxy groups -OCH3 is 1. The average Bonchev–Trinajstić information content (AvgIpc) is 2.70. The molecule has 0 aliphatic rings. The maximum Gasteiger partial charge on any atom is 0.217 e. The van der Waals surface area contributed by atoms with Gasteiger partial charge >= 0.3 is 0 Å². The largest absolute Gasteiger partial charge is 0.497 e. The van der Waals surface area contributed by atoms with E-state index in [0.29, 0.717) is 23.4 Å². The third-order valence-corrected chi connectivity index (χ3v) is 2.61. The fourth-order valence-electron chi connectivity index (χ4n) is 1.43. The molecular formula is C11H10BrN3O2. The van der Waals surface area contributed by atoms with Crippen LogP contribution in [0.25, 0.3) is 0 Å². The zero-order valence-corrected chi connectivity index (χ0v) is 10.7. The summed E-state index contributed by atoms with van der Waals surface area (Å²) >= 11 is 3.14. The van der Waals surface area contributed by atoms with Crippen molar-refractivity contribution >= 4 is 22.2 Å². The molecule has 6 heteroatoms. The van der Waals surface area contributed by atoms with E-state index in [9.17, 15) is 4.79 Å². The van der Waals surface area contributed by atoms with Crippen LogP contribution in [0.15, 0.2) is 29.0 Å². The van der Waals surface area contributed by atoms with Crippen molar-refractivity contribution in [2.45, 2.75) is 6.54 Å². The van der Waals surface area contributed by atoms with Gasteiger partial charge in [-0.05, 0) is 33.6 Å². The van der Waals surface area contributed by atoms with Crippen molar-refractivity contribution in [3.8, 4) is 5.75 Å². The van der Waals surface area contributed by atoms with Crippen LogP contribution in [0.4, 0.5) is 0 Å². The predicted octanol–water partition coefficient (Wildman–Crippen LogP) is 1.91. The van der Waals surface area contributed by atoms with Gasteiger partial charge in [0.2, 0.25) is 4.73 Å². The highest BCUT2D eigenvalue weighted by Crippen LogP contribution is 2.13. The minimum atomic E-state index is 0.299. The molecule has 0 spiro atoms. The molecule has 0 N–H and O–H groups in total. The number of aldehydes is 1. The minimum absolute atomic E-state index is 0.299. The number of aromatic nitrogens is 3. The zero-order chi connectivity index (χ0) is 12.3. The molecule has 1 aromatic heterocycles. The Morgan fingerprint density at radius 3 is 2.71 bits per heavy atom. The Labute approximate surface area is 107 Å². The Kier molecular flexibility index (Phi) is 3.53. The van der Waals surface area contributed by atoms with Crippen LogP contribution in [0.1, 0.15) is 16.2 Å². The fraction of sp³-hybridized carbons (Fsp3) is 0.182. The Morgan fingerprint density at radius 1 is 1.41 bits per heavy atom. The smallest absolute Gasteiger partial charge is 0.217 e. The standard InChI is InChI=1S/C11H10BrN3O2/c1-17-9-4-2-8(3-5-9)6-15-10(7-16)13-11(12)14-15/h2-5,7H,6H2,1H3. The van der Waals surface area contributed by atoms with Gasteiger partial charge in [-0.2, -0.15) is 4.98 Å². The number of benzene rings is 1. The second-order valence-electron chi connectivity index (χ2n) is 3.36. The van der Waals surface area contributed by atoms with Crippen LogP contribution in [-0.2, 0) is 6.54 Å². The molecule has 5 nitrogen and oxygen atoms in total. The number of carbonyl (C=O) groups is 1. The molecule has 0 saturated heterocycles. The first-order valence-electron chi connectivity index (χ1n) is 4.91. The summed E-state index contributed by atoms with van der Waals surface area (Å²) in [6.45, 7) is 0.497. The van der Waals surface area contributed by atoms with E-state index in [1.54, 1.807) is 11.8 Å². The van der Waals surface area contributed by atoms with E-state index in [0.717, 1.165) is 11.3 Å². The number of ether oxygens (including phenoxy) is 1. The van der Waals surface area contributed by atoms with Gasteiger partial charge in [-0.3, -0.25) is 4.79 Å². The third kappa shape index (κ3) is 2.71. The van der Waals surface area contributed by atoms with Gasteiger partial charge in [-0.1, -0.05) is 12.1 Å². The normalized spacial score (nSPS) is 10.2. The molecule has 0 aliphatic heterocycles. The number of halogens is 1. The van der Waals surface area contributed by atoms with Crippen LogP contribution in [0.2, 0.25) is 0 Å². The van der Waals surface area contributed by atoms with E-state index in [1.165, 1.54) is 0 Å². The summed E-state index contributed by atoms with van der Waals surface area (Å²) in [5.74, 6) is 1.09. The van der Waals surface area contributed by atoms with Gasteiger partial charge in [-0.15, -0.1) is 5.10 Å². The highest BCUT2D eigenvalue weighted by Gasteiger charge is 2.07. The summed E-state index contributed by atoms with van der Waals surface area (Å²) in [6.07, 6.45) is 0.682. The average molecular weight is 296 g/mol. The van der Waals surface area contributed by atoms with Crippen LogP contribution < -0.4 is 4.74 Å². The third-order valence-electron chi connectivity index (χ3n) is 2.27. The molecule has 2 rings (SSSR count). The molecule has 1 aromatic carbocycles. The summed E-state index contributed by atoms with van der Waals surface area (Å²) in [5, 5.41) is 4.08. The van der Waals surface area contributed by atoms with Crippen molar-refractivity contribution in [2.75, 3.05) is 7.11 Å². The first-order chi connectivity index (χ1) is 8.22. The highest BCUT2D eigenvalue weighted by atomic mass is 79.9. The monoisotopic (exact) mass is 295 g/mol. The fourth-order valence-corrected chi connectivity index (χ4v) is 1.81. The quantitative estimate of drug-likeness (QED) is 0.809. The second kappa shape index (κ2) is 5.09. The van der Waals surface area contributed by atoms with E-state index < -0.39 is 0 Å². The van der Waals surface area contributed by atoms with Crippen molar-refractivity contribution in [3.63, 3.8) is 0 Å². The predicted molar refractivity (Wildman–Crippen MR) is 65.2 cm³/mol. The summed E-state index contributed by atoms with van der Waals surface area (Å²) in [7, 11) is 1.62. The molecule has 0 bridgehead atoms. The van der Waals surface area contributed by atoms with E-state index >= 15 is 0 Å². The van der Waals surface area contributed by atoms with E-state index in [-0.39, 0.29) is 0 Å². The van der Waals surface area contributed by atoms with E-state index in [1.807, 2.05) is 24.3 Å². The van der Waals surface area contributed by atoms with Crippen molar-refractivity contribution in [1.82, 2.24) is 14.8 Å². The first-order valence-corrected chi connectivity index (χ1v) is 5.70. The molecule has 0 fully saturated rings. The lowest BCUT2D eigenvalue weighted by molar-refractivity contribution is 0.111. The molecule has 17 heavy (non-hydrogen) atoms. The van der Waals surface area contributed by atoms with Gasteiger partial charge in [-0.25, -0.2) is 4.68 Å². The summed E-state index contributed by atoms with van der Waals surface area (Å²) in [5.41, 5.74) is 1.02. The summed E-state index contributed by atoms with van der Waals surface area (Å²) < 4.78 is 7.02. The molecule has 0 atom stereocenters. The maximum atomic E-state index is 10.8. The van der Waals surface area contributed by atoms with Crippen molar-refractivity contribution in [1.29, 1.82) is 0 Å². The molecule has 88 valence electrons. The SMILES string of the molecule is COc1ccc(Cn2nc(Br)nc2C=O)cc1. The molecule has 0 amide bonds. The Hall–Kier alpha value is -1.69. The highest BCUT2D eigenvalue weighted by molar-refractivity contribution is 9.10. The van der Waals surface area contributed by atoms with Gasteiger partial charge in [0.25, 0.3) is 0 Å². The van der Waals surface area contributed by atoms with Gasteiger partial charge in [0.1, 0.15) is 5.75 Å². The Morgan fingerprint density at radius 2 is 2.12 bits per heavy atom. The first kappa shape index (κ1) is 11.8. The van der Waals surface area contributed by atoms with Crippen molar-refractivity contribution < 1.29 is 9.53 Å². The number of carbonyl (C=O) groups excluding carboxylic acids is 1. The topological polar surface area (TPSA) is 57.0 Å². The lowest BCUT2D eigenvalue weighted by Gasteiger charge is -2.04. The Bertz CT molecular complexity index is 522. The second-order valence-corrected chi connectivity index (χ2v) is 4.07. The van der Waals surface area contributed by atoms with E-state index in [4.69, 9.17) is 4.74 Å². The molecule has 0 radical (unpaired) electrons. The molecule has 0 saturated carbocycles. The Balaban J connectivity index is 2.21. The molecule has 2 aromatic rings. The minimum Gasteiger partial charge on any atom is -0.497 e. The number of hydrogen-bond acceptors (Lipinski definition) is 4. The number of nitrogens with zero attached hydrogens (tertiary/aromatic N) is 3. The summed E-state index contributed by atoms with van der Waals surface area (Å²) in [4.78, 5) is 14.7. The van der Waals surface area contributed by atoms with Crippen molar-refractivity contribution in [2.24, 2.45) is 0 Å². The lowest BCUT2D eigenvalue weighted by Crippen LogP contribution is -2.06. The van der Waals surface area contributed by atoms with Gasteiger partial charge in [0.05, 0.1) is 13.7 Å². The van der Waals surface area contributed by atoms with Gasteiger partial charge in [0.15, 0.2) is 12.1 Å². The number of hydrogen-bond donors (Lipinski definition) is 0. The maximum absolute atomic E-state index is 10.8. The van der Waals surface area contributed by atoms with Gasteiger partial charge in [0, 0.05) is 0 Å².